The van der Waals surface area contributed by atoms with Gasteiger partial charge in [-0.1, -0.05) is 23.4 Å². The van der Waals surface area contributed by atoms with Crippen molar-refractivity contribution in [3.63, 3.8) is 0 Å². The van der Waals surface area contributed by atoms with Crippen LogP contribution in [0.3, 0.4) is 0 Å². The molecule has 1 aromatic carbocycles. The van der Waals surface area contributed by atoms with Crippen molar-refractivity contribution in [2.75, 3.05) is 26.7 Å². The van der Waals surface area contributed by atoms with Crippen molar-refractivity contribution in [3.05, 3.63) is 35.7 Å². The zero-order chi connectivity index (χ0) is 15.5. The molecule has 1 fully saturated rings. The number of nitrogens with zero attached hydrogens (tertiary/aromatic N) is 3. The van der Waals surface area contributed by atoms with Crippen molar-refractivity contribution in [1.29, 1.82) is 0 Å². The average molecular weight is 302 g/mol. The highest BCUT2D eigenvalue weighted by atomic mass is 16.5. The van der Waals surface area contributed by atoms with Crippen LogP contribution in [-0.2, 0) is 0 Å². The number of hydrogen-bond acceptors (Lipinski definition) is 6. The van der Waals surface area contributed by atoms with Crippen molar-refractivity contribution in [1.82, 2.24) is 20.4 Å². The van der Waals surface area contributed by atoms with Crippen LogP contribution in [0.2, 0.25) is 0 Å². The first-order valence-electron chi connectivity index (χ1n) is 7.64. The number of aromatic nitrogens is 2. The Morgan fingerprint density at radius 2 is 2.36 bits per heavy atom. The number of aryl methyl sites for hydroxylation is 1. The molecule has 0 saturated carbocycles. The molecule has 1 saturated heterocycles. The van der Waals surface area contributed by atoms with Gasteiger partial charge in [-0.15, -0.1) is 0 Å². The van der Waals surface area contributed by atoms with E-state index in [1.807, 2.05) is 19.2 Å². The van der Waals surface area contributed by atoms with E-state index in [2.05, 4.69) is 32.5 Å². The maximum atomic E-state index is 9.66. The molecule has 0 spiro atoms. The number of rotatable bonds is 5. The van der Waals surface area contributed by atoms with Gasteiger partial charge in [0.15, 0.2) is 0 Å². The number of likely N-dealkylation sites (tertiary alicyclic amines) is 1. The van der Waals surface area contributed by atoms with Gasteiger partial charge >= 0.3 is 0 Å². The quantitative estimate of drug-likeness (QED) is 0.869. The lowest BCUT2D eigenvalue weighted by molar-refractivity contribution is 0.173. The van der Waals surface area contributed by atoms with Gasteiger partial charge < -0.3 is 14.9 Å². The fourth-order valence-electron chi connectivity index (χ4n) is 2.91. The van der Waals surface area contributed by atoms with Gasteiger partial charge in [-0.2, -0.15) is 4.98 Å². The van der Waals surface area contributed by atoms with Crippen LogP contribution in [0.15, 0.2) is 28.8 Å². The molecule has 0 radical (unpaired) electrons. The fraction of sp³-hybridized carbons (Fsp3) is 0.500. The summed E-state index contributed by atoms with van der Waals surface area (Å²) in [5.74, 6) is 1.18. The van der Waals surface area contributed by atoms with Crippen LogP contribution < -0.4 is 5.32 Å². The van der Waals surface area contributed by atoms with E-state index in [1.165, 1.54) is 5.56 Å². The molecule has 0 aliphatic carbocycles. The standard InChI is InChI=1S/C16H22N4O2/c1-11-18-16(19-22-11)13-5-3-4-12(8-13)15(17-2)10-20-7-6-14(21)9-20/h3-5,8,14-15,17,21H,6-7,9-10H2,1-2H3. The van der Waals surface area contributed by atoms with Crippen LogP contribution in [0.25, 0.3) is 11.4 Å². The normalized spacial score (nSPS) is 20.4. The van der Waals surface area contributed by atoms with Crippen LogP contribution in [-0.4, -0.2) is 52.9 Å². The number of aliphatic hydroxyl groups is 1. The fourth-order valence-corrected chi connectivity index (χ4v) is 2.91. The Morgan fingerprint density at radius 1 is 1.50 bits per heavy atom. The predicted molar refractivity (Wildman–Crippen MR) is 83.3 cm³/mol. The lowest BCUT2D eigenvalue weighted by Crippen LogP contribution is -2.33. The highest BCUT2D eigenvalue weighted by Gasteiger charge is 2.23. The Labute approximate surface area is 130 Å². The van der Waals surface area contributed by atoms with Crippen LogP contribution in [0.4, 0.5) is 0 Å². The first kappa shape index (κ1) is 15.1. The van der Waals surface area contributed by atoms with Crippen molar-refractivity contribution in [2.45, 2.75) is 25.5 Å². The highest BCUT2D eigenvalue weighted by molar-refractivity contribution is 5.55. The van der Waals surface area contributed by atoms with Crippen molar-refractivity contribution in [3.8, 4) is 11.4 Å². The summed E-state index contributed by atoms with van der Waals surface area (Å²) in [4.78, 5) is 6.57. The van der Waals surface area contributed by atoms with Gasteiger partial charge in [-0.25, -0.2) is 0 Å². The number of benzene rings is 1. The zero-order valence-electron chi connectivity index (χ0n) is 13.0. The Kier molecular flexibility index (Phi) is 4.52. The molecule has 6 nitrogen and oxygen atoms in total. The van der Waals surface area contributed by atoms with E-state index in [1.54, 1.807) is 6.92 Å². The molecule has 22 heavy (non-hydrogen) atoms. The smallest absolute Gasteiger partial charge is 0.223 e. The third-order valence-corrected chi connectivity index (χ3v) is 4.11. The Hall–Kier alpha value is -1.76. The van der Waals surface area contributed by atoms with Gasteiger partial charge in [-0.3, -0.25) is 4.90 Å². The maximum Gasteiger partial charge on any atom is 0.223 e. The molecule has 6 heteroatoms. The molecular weight excluding hydrogens is 280 g/mol. The molecule has 0 bridgehead atoms. The van der Waals surface area contributed by atoms with Crippen LogP contribution in [0, 0.1) is 6.92 Å². The molecule has 0 amide bonds. The van der Waals surface area contributed by atoms with Gasteiger partial charge in [0, 0.05) is 38.2 Å². The molecule has 2 heterocycles. The molecule has 3 rings (SSSR count). The summed E-state index contributed by atoms with van der Waals surface area (Å²) in [6.45, 7) is 4.36. The van der Waals surface area contributed by atoms with Crippen LogP contribution in [0.5, 0.6) is 0 Å². The minimum Gasteiger partial charge on any atom is -0.392 e. The van der Waals surface area contributed by atoms with E-state index in [0.717, 1.165) is 31.6 Å². The Morgan fingerprint density at radius 3 is 3.00 bits per heavy atom. The molecule has 118 valence electrons. The minimum atomic E-state index is -0.189. The largest absolute Gasteiger partial charge is 0.392 e. The van der Waals surface area contributed by atoms with Crippen molar-refractivity contribution >= 4 is 0 Å². The number of β-amino-alcohol motifs (C(OH)–C–C–N with tert-alkyl or cyclic N) is 1. The summed E-state index contributed by atoms with van der Waals surface area (Å²) in [5.41, 5.74) is 2.14. The lowest BCUT2D eigenvalue weighted by atomic mass is 10.0. The predicted octanol–water partition coefficient (Wildman–Crippen LogP) is 1.37. The summed E-state index contributed by atoms with van der Waals surface area (Å²) in [7, 11) is 1.96. The van der Waals surface area contributed by atoms with E-state index in [-0.39, 0.29) is 12.1 Å². The second-order valence-corrected chi connectivity index (χ2v) is 5.81. The van der Waals surface area contributed by atoms with E-state index in [0.29, 0.717) is 11.7 Å². The van der Waals surface area contributed by atoms with Crippen molar-refractivity contribution < 1.29 is 9.63 Å². The third kappa shape index (κ3) is 3.35. The number of hydrogen-bond donors (Lipinski definition) is 2. The molecule has 2 N–H and O–H groups in total. The lowest BCUT2D eigenvalue weighted by Gasteiger charge is -2.23. The summed E-state index contributed by atoms with van der Waals surface area (Å²) >= 11 is 0. The first-order valence-corrected chi connectivity index (χ1v) is 7.64. The second-order valence-electron chi connectivity index (χ2n) is 5.81. The Bertz CT molecular complexity index is 628. The van der Waals surface area contributed by atoms with Gasteiger partial charge in [0.2, 0.25) is 11.7 Å². The molecular formula is C16H22N4O2. The maximum absolute atomic E-state index is 9.66. The molecule has 2 aromatic rings. The summed E-state index contributed by atoms with van der Waals surface area (Å²) < 4.78 is 5.05. The van der Waals surface area contributed by atoms with Crippen LogP contribution in [0.1, 0.15) is 23.9 Å². The van der Waals surface area contributed by atoms with E-state index in [4.69, 9.17) is 4.52 Å². The van der Waals surface area contributed by atoms with Gasteiger partial charge in [0.1, 0.15) is 0 Å². The third-order valence-electron chi connectivity index (χ3n) is 4.11. The highest BCUT2D eigenvalue weighted by Crippen LogP contribution is 2.23. The van der Waals surface area contributed by atoms with Crippen LogP contribution >= 0.6 is 0 Å². The van der Waals surface area contributed by atoms with E-state index in [9.17, 15) is 5.11 Å². The number of likely N-dealkylation sites (N-methyl/N-ethyl adjacent to an activating group) is 1. The number of aliphatic hydroxyl groups excluding tert-OH is 1. The number of nitrogens with one attached hydrogen (secondary N) is 1. The van der Waals surface area contributed by atoms with Gasteiger partial charge in [0.05, 0.1) is 6.10 Å². The molecule has 1 aliphatic heterocycles. The van der Waals surface area contributed by atoms with Gasteiger partial charge in [0.25, 0.3) is 0 Å². The summed E-state index contributed by atoms with van der Waals surface area (Å²) in [6, 6.07) is 8.40. The molecule has 1 aromatic heterocycles. The first-order chi connectivity index (χ1) is 10.7. The zero-order valence-corrected chi connectivity index (χ0v) is 13.0. The molecule has 1 aliphatic rings. The van der Waals surface area contributed by atoms with E-state index >= 15 is 0 Å². The summed E-state index contributed by atoms with van der Waals surface area (Å²) in [6.07, 6.45) is 0.671. The SMILES string of the molecule is CNC(CN1CCC(O)C1)c1cccc(-c2noc(C)n2)c1. The second kappa shape index (κ2) is 6.56. The molecule has 2 unspecified atom stereocenters. The molecule has 2 atom stereocenters. The average Bonchev–Trinajstić information content (AvgIpc) is 3.13. The van der Waals surface area contributed by atoms with E-state index < -0.39 is 0 Å². The Balaban J connectivity index is 1.77. The monoisotopic (exact) mass is 302 g/mol. The topological polar surface area (TPSA) is 74.4 Å². The van der Waals surface area contributed by atoms with Crippen molar-refractivity contribution in [2.24, 2.45) is 0 Å². The van der Waals surface area contributed by atoms with Gasteiger partial charge in [-0.05, 0) is 25.1 Å². The summed E-state index contributed by atoms with van der Waals surface area (Å²) in [5, 5.41) is 17.0. The minimum absolute atomic E-state index is 0.189.